The molecule has 1 aromatic carbocycles. The van der Waals surface area contributed by atoms with E-state index in [-0.39, 0.29) is 11.9 Å². The van der Waals surface area contributed by atoms with E-state index in [1.165, 1.54) is 0 Å². The first-order chi connectivity index (χ1) is 10.1. The van der Waals surface area contributed by atoms with Crippen LogP contribution in [0.1, 0.15) is 35.9 Å². The van der Waals surface area contributed by atoms with Crippen LogP contribution in [0.2, 0.25) is 0 Å². The van der Waals surface area contributed by atoms with Gasteiger partial charge in [0.2, 0.25) is 0 Å². The summed E-state index contributed by atoms with van der Waals surface area (Å²) in [5.41, 5.74) is 7.96. The predicted octanol–water partition coefficient (Wildman–Crippen LogP) is 1.98. The summed E-state index contributed by atoms with van der Waals surface area (Å²) in [5.74, 6) is 0.371. The Kier molecular flexibility index (Phi) is 4.71. The Hall–Kier alpha value is -2.63. The molecule has 0 saturated heterocycles. The lowest BCUT2D eigenvalue weighted by molar-refractivity contribution is 0.0950. The second-order valence-electron chi connectivity index (χ2n) is 4.66. The molecule has 1 unspecified atom stereocenters. The van der Waals surface area contributed by atoms with E-state index >= 15 is 0 Å². The van der Waals surface area contributed by atoms with Gasteiger partial charge in [-0.15, -0.1) is 10.2 Å². The summed E-state index contributed by atoms with van der Waals surface area (Å²) in [6, 6.07) is 11.0. The zero-order valence-electron chi connectivity index (χ0n) is 12.1. The number of nitrogens with zero attached hydrogens (tertiary/aromatic N) is 2. The Morgan fingerprint density at radius 3 is 2.62 bits per heavy atom. The van der Waals surface area contributed by atoms with Crippen LogP contribution in [0.4, 0.5) is 11.5 Å². The minimum Gasteiger partial charge on any atom is -0.398 e. The molecule has 0 bridgehead atoms. The highest BCUT2D eigenvalue weighted by atomic mass is 16.1. The van der Waals surface area contributed by atoms with Crippen molar-refractivity contribution in [2.75, 3.05) is 17.6 Å². The highest BCUT2D eigenvalue weighted by Crippen LogP contribution is 2.22. The smallest absolute Gasteiger partial charge is 0.271 e. The van der Waals surface area contributed by atoms with Gasteiger partial charge in [0, 0.05) is 12.2 Å². The number of nitrogens with one attached hydrogen (secondary N) is 2. The molecule has 0 radical (unpaired) electrons. The van der Waals surface area contributed by atoms with Crippen molar-refractivity contribution < 1.29 is 4.79 Å². The molecule has 2 rings (SSSR count). The van der Waals surface area contributed by atoms with Gasteiger partial charge in [-0.1, -0.05) is 18.2 Å². The molecule has 0 saturated carbocycles. The minimum atomic E-state index is -0.225. The van der Waals surface area contributed by atoms with Gasteiger partial charge in [-0.05, 0) is 37.6 Å². The molecule has 1 aromatic heterocycles. The topological polar surface area (TPSA) is 92.9 Å². The van der Waals surface area contributed by atoms with Gasteiger partial charge < -0.3 is 16.4 Å². The maximum Gasteiger partial charge on any atom is 0.271 e. The Balaban J connectivity index is 2.07. The van der Waals surface area contributed by atoms with E-state index in [2.05, 4.69) is 20.8 Å². The number of carbonyl (C=O) groups excluding carboxylic acids is 1. The van der Waals surface area contributed by atoms with E-state index in [9.17, 15) is 4.79 Å². The Morgan fingerprint density at radius 2 is 2.00 bits per heavy atom. The van der Waals surface area contributed by atoms with Gasteiger partial charge in [0.15, 0.2) is 5.69 Å². The number of nitrogen functional groups attached to an aromatic ring is 1. The number of nitrogens with two attached hydrogens (primary N) is 1. The van der Waals surface area contributed by atoms with Crippen molar-refractivity contribution in [3.05, 3.63) is 47.7 Å². The van der Waals surface area contributed by atoms with Crippen molar-refractivity contribution in [1.82, 2.24) is 15.5 Å². The van der Waals surface area contributed by atoms with Crippen LogP contribution in [0, 0.1) is 0 Å². The molecule has 1 atom stereocenters. The first-order valence-electron chi connectivity index (χ1n) is 6.84. The average Bonchev–Trinajstić information content (AvgIpc) is 2.48. The zero-order chi connectivity index (χ0) is 15.2. The molecule has 4 N–H and O–H groups in total. The predicted molar refractivity (Wildman–Crippen MR) is 82.9 cm³/mol. The van der Waals surface area contributed by atoms with Crippen molar-refractivity contribution in [3.63, 3.8) is 0 Å². The van der Waals surface area contributed by atoms with E-state index in [0.717, 1.165) is 11.3 Å². The molecule has 0 aliphatic carbocycles. The highest BCUT2D eigenvalue weighted by Gasteiger charge is 2.10. The number of para-hydroxylation sites is 1. The van der Waals surface area contributed by atoms with Crippen molar-refractivity contribution in [2.45, 2.75) is 19.9 Å². The Labute approximate surface area is 123 Å². The van der Waals surface area contributed by atoms with E-state index in [1.807, 2.05) is 38.1 Å². The summed E-state index contributed by atoms with van der Waals surface area (Å²) in [7, 11) is 0. The molecule has 6 heteroatoms. The standard InChI is InChI=1S/C15H19N5O/c1-3-17-15(21)13-8-9-14(20-19-13)18-10(2)11-6-4-5-7-12(11)16/h4-10H,3,16H2,1-2H3,(H,17,21)(H,18,20). The van der Waals surface area contributed by atoms with Crippen molar-refractivity contribution >= 4 is 17.4 Å². The van der Waals surface area contributed by atoms with Crippen molar-refractivity contribution in [1.29, 1.82) is 0 Å². The van der Waals surface area contributed by atoms with Crippen molar-refractivity contribution in [3.8, 4) is 0 Å². The van der Waals surface area contributed by atoms with Crippen LogP contribution in [0.3, 0.4) is 0 Å². The minimum absolute atomic E-state index is 0.00387. The second-order valence-corrected chi connectivity index (χ2v) is 4.66. The molecule has 1 heterocycles. The van der Waals surface area contributed by atoms with E-state index < -0.39 is 0 Å². The summed E-state index contributed by atoms with van der Waals surface area (Å²) >= 11 is 0. The molecule has 1 amide bonds. The molecular weight excluding hydrogens is 266 g/mol. The van der Waals surface area contributed by atoms with Gasteiger partial charge in [-0.3, -0.25) is 4.79 Å². The maximum atomic E-state index is 11.6. The summed E-state index contributed by atoms with van der Waals surface area (Å²) in [5, 5.41) is 13.8. The molecule has 0 aliphatic heterocycles. The molecule has 2 aromatic rings. The zero-order valence-corrected chi connectivity index (χ0v) is 12.1. The maximum absolute atomic E-state index is 11.6. The molecule has 0 fully saturated rings. The molecular formula is C15H19N5O. The number of hydrogen-bond acceptors (Lipinski definition) is 5. The third-order valence-electron chi connectivity index (χ3n) is 3.06. The molecule has 110 valence electrons. The van der Waals surface area contributed by atoms with Gasteiger partial charge in [-0.2, -0.15) is 0 Å². The molecule has 0 spiro atoms. The number of anilines is 2. The van der Waals surface area contributed by atoms with Gasteiger partial charge >= 0.3 is 0 Å². The van der Waals surface area contributed by atoms with Crippen LogP contribution in [0.25, 0.3) is 0 Å². The normalized spacial score (nSPS) is 11.7. The monoisotopic (exact) mass is 285 g/mol. The summed E-state index contributed by atoms with van der Waals surface area (Å²) < 4.78 is 0. The van der Waals surface area contributed by atoms with E-state index in [4.69, 9.17) is 5.73 Å². The quantitative estimate of drug-likeness (QED) is 0.730. The van der Waals surface area contributed by atoms with Crippen LogP contribution in [0.5, 0.6) is 0 Å². The first kappa shape index (κ1) is 14.8. The number of hydrogen-bond donors (Lipinski definition) is 3. The fourth-order valence-corrected chi connectivity index (χ4v) is 1.99. The van der Waals surface area contributed by atoms with Crippen LogP contribution in [0.15, 0.2) is 36.4 Å². The van der Waals surface area contributed by atoms with Gasteiger partial charge in [0.25, 0.3) is 5.91 Å². The fourth-order valence-electron chi connectivity index (χ4n) is 1.99. The number of amides is 1. The Bertz CT molecular complexity index is 612. The van der Waals surface area contributed by atoms with E-state index in [0.29, 0.717) is 18.1 Å². The number of carbonyl (C=O) groups is 1. The van der Waals surface area contributed by atoms with E-state index in [1.54, 1.807) is 12.1 Å². The van der Waals surface area contributed by atoms with Crippen LogP contribution < -0.4 is 16.4 Å². The summed E-state index contributed by atoms with van der Waals surface area (Å²) in [4.78, 5) is 11.6. The fraction of sp³-hybridized carbons (Fsp3) is 0.267. The molecule has 6 nitrogen and oxygen atoms in total. The molecule has 0 aliphatic rings. The van der Waals surface area contributed by atoms with Gasteiger partial charge in [-0.25, -0.2) is 0 Å². The van der Waals surface area contributed by atoms with Gasteiger partial charge in [0.1, 0.15) is 5.82 Å². The molecule has 21 heavy (non-hydrogen) atoms. The first-order valence-corrected chi connectivity index (χ1v) is 6.84. The lowest BCUT2D eigenvalue weighted by atomic mass is 10.1. The third kappa shape index (κ3) is 3.68. The summed E-state index contributed by atoms with van der Waals surface area (Å²) in [6.45, 7) is 4.41. The highest BCUT2D eigenvalue weighted by molar-refractivity contribution is 5.92. The number of rotatable bonds is 5. The van der Waals surface area contributed by atoms with Gasteiger partial charge in [0.05, 0.1) is 6.04 Å². The lowest BCUT2D eigenvalue weighted by Gasteiger charge is -2.16. The van der Waals surface area contributed by atoms with Crippen LogP contribution in [-0.2, 0) is 0 Å². The second kappa shape index (κ2) is 6.69. The average molecular weight is 285 g/mol. The van der Waals surface area contributed by atoms with Crippen LogP contribution in [-0.4, -0.2) is 22.6 Å². The third-order valence-corrected chi connectivity index (χ3v) is 3.06. The SMILES string of the molecule is CCNC(=O)c1ccc(NC(C)c2ccccc2N)nn1. The lowest BCUT2D eigenvalue weighted by Crippen LogP contribution is -2.24. The van der Waals surface area contributed by atoms with Crippen molar-refractivity contribution in [2.24, 2.45) is 0 Å². The number of aromatic nitrogens is 2. The Morgan fingerprint density at radius 1 is 1.24 bits per heavy atom. The number of benzene rings is 1. The largest absolute Gasteiger partial charge is 0.398 e. The van der Waals surface area contributed by atoms with Crippen LogP contribution >= 0.6 is 0 Å². The summed E-state index contributed by atoms with van der Waals surface area (Å²) in [6.07, 6.45) is 0.